The molecule has 5 nitrogen and oxygen atoms in total. The fraction of sp³-hybridized carbons (Fsp3) is 0.650. The molecule has 3 aliphatic rings. The van der Waals surface area contributed by atoms with Crippen LogP contribution in [0.3, 0.4) is 0 Å². The summed E-state index contributed by atoms with van der Waals surface area (Å²) in [5.41, 5.74) is 0.854. The molecule has 2 atom stereocenters. The standard InChI is InChI=1S/C20H28N2O3/c23-15-17-14-22(13-16(17)12-21-8-10-25-11-9-21)19(24)20(6-7-20)18-4-2-1-3-5-18/h1-5,16-17,23H,6-15H2. The van der Waals surface area contributed by atoms with Gasteiger partial charge in [-0.25, -0.2) is 0 Å². The summed E-state index contributed by atoms with van der Waals surface area (Å²) in [6, 6.07) is 10.2. The first kappa shape index (κ1) is 17.0. The van der Waals surface area contributed by atoms with Crippen LogP contribution < -0.4 is 0 Å². The molecule has 1 amide bonds. The Morgan fingerprint density at radius 1 is 1.12 bits per heavy atom. The van der Waals surface area contributed by atoms with Crippen molar-refractivity contribution in [3.05, 3.63) is 35.9 Å². The Hall–Kier alpha value is -1.43. The van der Waals surface area contributed by atoms with E-state index in [1.165, 1.54) is 0 Å². The van der Waals surface area contributed by atoms with Crippen molar-refractivity contribution in [3.63, 3.8) is 0 Å². The number of rotatable bonds is 5. The molecule has 2 saturated heterocycles. The normalized spacial score (nSPS) is 28.9. The van der Waals surface area contributed by atoms with Gasteiger partial charge in [0, 0.05) is 45.2 Å². The Bertz CT molecular complexity index is 596. The minimum atomic E-state index is -0.297. The molecular formula is C20H28N2O3. The number of nitrogens with zero attached hydrogens (tertiary/aromatic N) is 2. The van der Waals surface area contributed by atoms with Crippen LogP contribution in [0, 0.1) is 11.8 Å². The lowest BCUT2D eigenvalue weighted by molar-refractivity contribution is -0.133. The number of morpholine rings is 1. The molecule has 1 aromatic carbocycles. The van der Waals surface area contributed by atoms with Gasteiger partial charge in [0.25, 0.3) is 0 Å². The number of hydrogen-bond acceptors (Lipinski definition) is 4. The van der Waals surface area contributed by atoms with Gasteiger partial charge in [-0.15, -0.1) is 0 Å². The van der Waals surface area contributed by atoms with Gasteiger partial charge < -0.3 is 14.7 Å². The number of aliphatic hydroxyl groups excluding tert-OH is 1. The summed E-state index contributed by atoms with van der Waals surface area (Å²) < 4.78 is 5.42. The van der Waals surface area contributed by atoms with E-state index in [-0.39, 0.29) is 23.8 Å². The van der Waals surface area contributed by atoms with Crippen molar-refractivity contribution in [1.82, 2.24) is 9.80 Å². The van der Waals surface area contributed by atoms with Crippen LogP contribution in [0.1, 0.15) is 18.4 Å². The van der Waals surface area contributed by atoms with Crippen molar-refractivity contribution in [2.75, 3.05) is 52.5 Å². The van der Waals surface area contributed by atoms with E-state index in [0.29, 0.717) is 12.5 Å². The van der Waals surface area contributed by atoms with E-state index in [2.05, 4.69) is 17.0 Å². The van der Waals surface area contributed by atoms with Gasteiger partial charge in [0.15, 0.2) is 0 Å². The van der Waals surface area contributed by atoms with Gasteiger partial charge in [-0.2, -0.15) is 0 Å². The Kier molecular flexibility index (Phi) is 4.80. The molecule has 1 N–H and O–H groups in total. The zero-order chi connectivity index (χ0) is 17.3. The van der Waals surface area contributed by atoms with Crippen LogP contribution >= 0.6 is 0 Å². The van der Waals surface area contributed by atoms with Gasteiger partial charge in [0.2, 0.25) is 5.91 Å². The van der Waals surface area contributed by atoms with Gasteiger partial charge in [-0.1, -0.05) is 30.3 Å². The molecule has 4 rings (SSSR count). The van der Waals surface area contributed by atoms with E-state index >= 15 is 0 Å². The predicted molar refractivity (Wildman–Crippen MR) is 95.3 cm³/mol. The molecule has 2 unspecified atom stereocenters. The third-order valence-corrected chi connectivity index (χ3v) is 6.18. The highest BCUT2D eigenvalue weighted by molar-refractivity contribution is 5.91. The SMILES string of the molecule is O=C(N1CC(CO)C(CN2CCOCC2)C1)C1(c2ccccc2)CC1. The van der Waals surface area contributed by atoms with Crippen LogP contribution in [0.15, 0.2) is 30.3 Å². The third kappa shape index (κ3) is 3.33. The van der Waals surface area contributed by atoms with Gasteiger partial charge in [-0.3, -0.25) is 9.69 Å². The molecule has 0 spiro atoms. The summed E-state index contributed by atoms with van der Waals surface area (Å²) in [5, 5.41) is 9.82. The van der Waals surface area contributed by atoms with Crippen LogP contribution in [0.5, 0.6) is 0 Å². The quantitative estimate of drug-likeness (QED) is 0.870. The van der Waals surface area contributed by atoms with Crippen molar-refractivity contribution < 1.29 is 14.6 Å². The highest BCUT2D eigenvalue weighted by Gasteiger charge is 2.54. The molecule has 0 bridgehead atoms. The van der Waals surface area contributed by atoms with Crippen molar-refractivity contribution in [2.24, 2.45) is 11.8 Å². The number of benzene rings is 1. The highest BCUT2D eigenvalue weighted by atomic mass is 16.5. The van der Waals surface area contributed by atoms with Gasteiger partial charge in [-0.05, 0) is 24.3 Å². The molecule has 1 saturated carbocycles. The topological polar surface area (TPSA) is 53.0 Å². The van der Waals surface area contributed by atoms with Crippen LogP contribution in [0.4, 0.5) is 0 Å². The lowest BCUT2D eigenvalue weighted by atomic mass is 9.94. The average Bonchev–Trinajstić information content (AvgIpc) is 3.38. The number of carbonyl (C=O) groups is 1. The average molecular weight is 344 g/mol. The molecule has 2 aliphatic heterocycles. The number of hydrogen-bond donors (Lipinski definition) is 1. The first-order valence-electron chi connectivity index (χ1n) is 9.49. The highest BCUT2D eigenvalue weighted by Crippen LogP contribution is 2.50. The fourth-order valence-electron chi connectivity index (χ4n) is 4.44. The second kappa shape index (κ2) is 7.06. The van der Waals surface area contributed by atoms with E-state index in [1.807, 2.05) is 23.1 Å². The molecule has 0 radical (unpaired) electrons. The lowest BCUT2D eigenvalue weighted by Crippen LogP contribution is -2.42. The molecule has 2 heterocycles. The van der Waals surface area contributed by atoms with Gasteiger partial charge in [0.1, 0.15) is 0 Å². The van der Waals surface area contributed by atoms with E-state index in [0.717, 1.165) is 57.8 Å². The predicted octanol–water partition coefficient (Wildman–Crippen LogP) is 1.12. The van der Waals surface area contributed by atoms with Gasteiger partial charge in [0.05, 0.1) is 18.6 Å². The number of likely N-dealkylation sites (tertiary alicyclic amines) is 1. The molecule has 3 fully saturated rings. The van der Waals surface area contributed by atoms with E-state index in [4.69, 9.17) is 4.74 Å². The Morgan fingerprint density at radius 2 is 1.80 bits per heavy atom. The van der Waals surface area contributed by atoms with Gasteiger partial charge >= 0.3 is 0 Å². The zero-order valence-electron chi connectivity index (χ0n) is 14.8. The number of carbonyl (C=O) groups excluding carboxylic acids is 1. The number of aliphatic hydroxyl groups is 1. The van der Waals surface area contributed by atoms with E-state index in [9.17, 15) is 9.90 Å². The number of ether oxygens (including phenoxy) is 1. The van der Waals surface area contributed by atoms with Crippen LogP contribution in [0.2, 0.25) is 0 Å². The van der Waals surface area contributed by atoms with Crippen molar-refractivity contribution >= 4 is 5.91 Å². The summed E-state index contributed by atoms with van der Waals surface area (Å²) in [4.78, 5) is 17.7. The summed E-state index contributed by atoms with van der Waals surface area (Å²) >= 11 is 0. The molecule has 25 heavy (non-hydrogen) atoms. The maximum absolute atomic E-state index is 13.2. The second-order valence-corrected chi connectivity index (χ2v) is 7.77. The maximum Gasteiger partial charge on any atom is 0.233 e. The number of amides is 1. The first-order valence-corrected chi connectivity index (χ1v) is 9.49. The minimum Gasteiger partial charge on any atom is -0.396 e. The Labute approximate surface area is 149 Å². The first-order chi connectivity index (χ1) is 12.2. The van der Waals surface area contributed by atoms with E-state index in [1.54, 1.807) is 0 Å². The van der Waals surface area contributed by atoms with E-state index < -0.39 is 0 Å². The summed E-state index contributed by atoms with van der Waals surface area (Å²) in [6.07, 6.45) is 1.90. The van der Waals surface area contributed by atoms with Crippen LogP contribution in [-0.2, 0) is 14.9 Å². The molecule has 1 aliphatic carbocycles. The Balaban J connectivity index is 1.43. The molecule has 0 aromatic heterocycles. The van der Waals surface area contributed by atoms with Crippen molar-refractivity contribution in [1.29, 1.82) is 0 Å². The monoisotopic (exact) mass is 344 g/mol. The largest absolute Gasteiger partial charge is 0.396 e. The Morgan fingerprint density at radius 3 is 2.44 bits per heavy atom. The van der Waals surface area contributed by atoms with Crippen LogP contribution in [-0.4, -0.2) is 73.4 Å². The summed E-state index contributed by atoms with van der Waals surface area (Å²) in [6.45, 7) is 6.07. The maximum atomic E-state index is 13.2. The molecule has 1 aromatic rings. The third-order valence-electron chi connectivity index (χ3n) is 6.18. The molecular weight excluding hydrogens is 316 g/mol. The minimum absolute atomic E-state index is 0.164. The smallest absolute Gasteiger partial charge is 0.233 e. The second-order valence-electron chi connectivity index (χ2n) is 7.77. The molecule has 5 heteroatoms. The molecule has 136 valence electrons. The fourth-order valence-corrected chi connectivity index (χ4v) is 4.44. The van der Waals surface area contributed by atoms with Crippen molar-refractivity contribution in [2.45, 2.75) is 18.3 Å². The van der Waals surface area contributed by atoms with Crippen LogP contribution in [0.25, 0.3) is 0 Å². The lowest BCUT2D eigenvalue weighted by Gasteiger charge is -2.30. The zero-order valence-corrected chi connectivity index (χ0v) is 14.8. The summed E-state index contributed by atoms with van der Waals surface area (Å²) in [7, 11) is 0. The summed E-state index contributed by atoms with van der Waals surface area (Å²) in [5.74, 6) is 0.818. The van der Waals surface area contributed by atoms with Crippen molar-refractivity contribution in [3.8, 4) is 0 Å².